The minimum atomic E-state index is -0.487. The molecule has 6 nitrogen and oxygen atoms in total. The van der Waals surface area contributed by atoms with Gasteiger partial charge < -0.3 is 19.3 Å². The Balaban J connectivity index is 1.37. The first-order valence-corrected chi connectivity index (χ1v) is 10.3. The van der Waals surface area contributed by atoms with Crippen molar-refractivity contribution in [2.45, 2.75) is 25.0 Å². The Labute approximate surface area is 173 Å². The summed E-state index contributed by atoms with van der Waals surface area (Å²) < 4.78 is 20.8. The molecule has 1 aliphatic carbocycles. The quantitative estimate of drug-likeness (QED) is 0.721. The third-order valence-electron chi connectivity index (χ3n) is 6.63. The SMILES string of the molecule is COc1cc(F)ccc1C(=O)N1C[C@H]2C[C@@H](n3cnc4ccccc43)[C@H](O)C[C@H]2C1. The summed E-state index contributed by atoms with van der Waals surface area (Å²) in [6.07, 6.45) is 2.75. The van der Waals surface area contributed by atoms with Crippen molar-refractivity contribution in [3.8, 4) is 5.75 Å². The van der Waals surface area contributed by atoms with Crippen molar-refractivity contribution in [3.63, 3.8) is 0 Å². The van der Waals surface area contributed by atoms with Crippen LogP contribution in [0.15, 0.2) is 48.8 Å². The van der Waals surface area contributed by atoms with Crippen LogP contribution in [0, 0.1) is 17.7 Å². The number of carbonyl (C=O) groups is 1. The molecule has 5 rings (SSSR count). The Morgan fingerprint density at radius 3 is 2.73 bits per heavy atom. The minimum Gasteiger partial charge on any atom is -0.496 e. The van der Waals surface area contributed by atoms with Crippen LogP contribution < -0.4 is 4.74 Å². The molecule has 0 spiro atoms. The topological polar surface area (TPSA) is 67.6 Å². The molecule has 2 heterocycles. The Morgan fingerprint density at radius 2 is 1.93 bits per heavy atom. The third-order valence-corrected chi connectivity index (χ3v) is 6.63. The van der Waals surface area contributed by atoms with E-state index in [-0.39, 0.29) is 23.6 Å². The van der Waals surface area contributed by atoms with Crippen molar-refractivity contribution in [1.29, 1.82) is 0 Å². The summed E-state index contributed by atoms with van der Waals surface area (Å²) in [6.45, 7) is 1.22. The van der Waals surface area contributed by atoms with Gasteiger partial charge in [0.1, 0.15) is 11.6 Å². The van der Waals surface area contributed by atoms with Crippen LogP contribution in [0.2, 0.25) is 0 Å². The van der Waals surface area contributed by atoms with Crippen LogP contribution in [0.1, 0.15) is 29.2 Å². The van der Waals surface area contributed by atoms with Gasteiger partial charge in [0.15, 0.2) is 0 Å². The van der Waals surface area contributed by atoms with Crippen molar-refractivity contribution in [1.82, 2.24) is 14.5 Å². The fourth-order valence-corrected chi connectivity index (χ4v) is 5.13. The minimum absolute atomic E-state index is 0.0611. The van der Waals surface area contributed by atoms with Gasteiger partial charge >= 0.3 is 0 Å². The van der Waals surface area contributed by atoms with E-state index in [1.165, 1.54) is 25.3 Å². The summed E-state index contributed by atoms with van der Waals surface area (Å²) >= 11 is 0. The molecule has 1 saturated heterocycles. The monoisotopic (exact) mass is 409 g/mol. The van der Waals surface area contributed by atoms with Gasteiger partial charge in [-0.2, -0.15) is 0 Å². The molecule has 1 amide bonds. The van der Waals surface area contributed by atoms with Gasteiger partial charge in [0.05, 0.1) is 42.2 Å². The number of aromatic nitrogens is 2. The zero-order valence-corrected chi connectivity index (χ0v) is 16.7. The Hall–Kier alpha value is -2.93. The molecule has 7 heteroatoms. The number of methoxy groups -OCH3 is 1. The number of ether oxygens (including phenoxy) is 1. The van der Waals surface area contributed by atoms with Gasteiger partial charge in [0.2, 0.25) is 0 Å². The standard InChI is InChI=1S/C23H24FN3O3/c1-30-22-10-16(24)6-7-17(22)23(29)26-11-14-8-20(21(28)9-15(14)12-26)27-13-25-18-4-2-3-5-19(18)27/h2-7,10,13-15,20-21,28H,8-9,11-12H2,1H3/t14-,15+,20-,21-/m1/s1. The molecule has 30 heavy (non-hydrogen) atoms. The van der Waals surface area contributed by atoms with E-state index in [1.807, 2.05) is 29.2 Å². The number of aliphatic hydroxyl groups excluding tert-OH is 1. The highest BCUT2D eigenvalue weighted by Gasteiger charge is 2.44. The molecule has 3 aromatic rings. The number of aliphatic hydroxyl groups is 1. The number of imidazole rings is 1. The van der Waals surface area contributed by atoms with Crippen LogP contribution in [0.25, 0.3) is 11.0 Å². The molecule has 0 unspecified atom stereocenters. The summed E-state index contributed by atoms with van der Waals surface area (Å²) in [5.41, 5.74) is 2.30. The number of carbonyl (C=O) groups excluding carboxylic acids is 1. The molecular weight excluding hydrogens is 385 g/mol. The summed E-state index contributed by atoms with van der Waals surface area (Å²) in [5.74, 6) is 0.214. The second kappa shape index (κ2) is 7.40. The third kappa shape index (κ3) is 3.13. The fraction of sp³-hybridized carbons (Fsp3) is 0.391. The number of hydrogen-bond acceptors (Lipinski definition) is 4. The van der Waals surface area contributed by atoms with Crippen LogP contribution in [-0.2, 0) is 0 Å². The number of rotatable bonds is 3. The first-order valence-electron chi connectivity index (χ1n) is 10.3. The molecule has 0 radical (unpaired) electrons. The summed E-state index contributed by atoms with van der Waals surface area (Å²) in [5, 5.41) is 10.9. The van der Waals surface area contributed by atoms with Crippen LogP contribution in [0.5, 0.6) is 5.75 Å². The zero-order chi connectivity index (χ0) is 20.8. The molecule has 156 valence electrons. The molecule has 0 bridgehead atoms. The van der Waals surface area contributed by atoms with Crippen LogP contribution >= 0.6 is 0 Å². The first kappa shape index (κ1) is 19.1. The lowest BCUT2D eigenvalue weighted by Crippen LogP contribution is -2.36. The van der Waals surface area contributed by atoms with Crippen molar-refractivity contribution in [3.05, 3.63) is 60.2 Å². The number of benzene rings is 2. The maximum atomic E-state index is 13.5. The van der Waals surface area contributed by atoms with E-state index >= 15 is 0 Å². The van der Waals surface area contributed by atoms with Crippen molar-refractivity contribution < 1.29 is 19.0 Å². The van der Waals surface area contributed by atoms with E-state index in [2.05, 4.69) is 9.55 Å². The molecule has 1 aromatic heterocycles. The summed E-state index contributed by atoms with van der Waals surface area (Å²) in [7, 11) is 1.44. The van der Waals surface area contributed by atoms with E-state index in [4.69, 9.17) is 4.74 Å². The van der Waals surface area contributed by atoms with E-state index < -0.39 is 11.9 Å². The zero-order valence-electron chi connectivity index (χ0n) is 16.7. The lowest BCUT2D eigenvalue weighted by molar-refractivity contribution is 0.0374. The fourth-order valence-electron chi connectivity index (χ4n) is 5.13. The van der Waals surface area contributed by atoms with E-state index in [0.29, 0.717) is 31.0 Å². The van der Waals surface area contributed by atoms with E-state index in [9.17, 15) is 14.3 Å². The highest BCUT2D eigenvalue weighted by molar-refractivity contribution is 5.97. The number of hydrogen-bond donors (Lipinski definition) is 1. The molecule has 2 aromatic carbocycles. The maximum Gasteiger partial charge on any atom is 0.257 e. The number of amides is 1. The average molecular weight is 409 g/mol. The second-order valence-electron chi connectivity index (χ2n) is 8.32. The molecule has 1 N–H and O–H groups in total. The normalized spacial score (nSPS) is 26.0. The second-order valence-corrected chi connectivity index (χ2v) is 8.32. The number of para-hydroxylation sites is 2. The van der Waals surface area contributed by atoms with E-state index in [1.54, 1.807) is 6.33 Å². The average Bonchev–Trinajstić information content (AvgIpc) is 3.36. The number of likely N-dealkylation sites (tertiary alicyclic amines) is 1. The summed E-state index contributed by atoms with van der Waals surface area (Å²) in [6, 6.07) is 11.9. The van der Waals surface area contributed by atoms with Gasteiger partial charge in [-0.3, -0.25) is 4.79 Å². The molecule has 4 atom stereocenters. The molecule has 2 aliphatic rings. The van der Waals surface area contributed by atoms with Gasteiger partial charge in [-0.15, -0.1) is 0 Å². The lowest BCUT2D eigenvalue weighted by Gasteiger charge is -2.36. The van der Waals surface area contributed by atoms with Crippen LogP contribution in [0.4, 0.5) is 4.39 Å². The van der Waals surface area contributed by atoms with Crippen molar-refractivity contribution in [2.24, 2.45) is 11.8 Å². The molecule has 2 fully saturated rings. The number of halogens is 1. The smallest absolute Gasteiger partial charge is 0.257 e. The number of fused-ring (bicyclic) bond motifs is 2. The molecular formula is C23H24FN3O3. The van der Waals surface area contributed by atoms with Crippen molar-refractivity contribution >= 4 is 16.9 Å². The van der Waals surface area contributed by atoms with Crippen molar-refractivity contribution in [2.75, 3.05) is 20.2 Å². The van der Waals surface area contributed by atoms with Gasteiger partial charge in [-0.25, -0.2) is 9.37 Å². The van der Waals surface area contributed by atoms with Crippen LogP contribution in [0.3, 0.4) is 0 Å². The highest BCUT2D eigenvalue weighted by Crippen LogP contribution is 2.42. The van der Waals surface area contributed by atoms with Crippen LogP contribution in [-0.4, -0.2) is 51.8 Å². The van der Waals surface area contributed by atoms with Gasteiger partial charge in [0.25, 0.3) is 5.91 Å². The molecule has 1 saturated carbocycles. The maximum absolute atomic E-state index is 13.5. The summed E-state index contributed by atoms with van der Waals surface area (Å²) in [4.78, 5) is 19.4. The highest BCUT2D eigenvalue weighted by atomic mass is 19.1. The largest absolute Gasteiger partial charge is 0.496 e. The predicted octanol–water partition coefficient (Wildman–Crippen LogP) is 3.27. The molecule has 1 aliphatic heterocycles. The Kier molecular flexibility index (Phi) is 4.70. The van der Waals surface area contributed by atoms with Gasteiger partial charge in [0, 0.05) is 19.2 Å². The lowest BCUT2D eigenvalue weighted by atomic mass is 9.77. The first-order chi connectivity index (χ1) is 14.5. The number of nitrogens with zero attached hydrogens (tertiary/aromatic N) is 3. The predicted molar refractivity (Wildman–Crippen MR) is 110 cm³/mol. The van der Waals surface area contributed by atoms with Gasteiger partial charge in [-0.1, -0.05) is 12.1 Å². The van der Waals surface area contributed by atoms with E-state index in [0.717, 1.165) is 17.5 Å². The van der Waals surface area contributed by atoms with Gasteiger partial charge in [-0.05, 0) is 48.9 Å². The Morgan fingerprint density at radius 1 is 1.17 bits per heavy atom. The Bertz CT molecular complexity index is 1100.